The van der Waals surface area contributed by atoms with Crippen molar-refractivity contribution in [3.8, 4) is 0 Å². The molecule has 4 heteroatoms. The van der Waals surface area contributed by atoms with Gasteiger partial charge in [0.2, 0.25) is 0 Å². The van der Waals surface area contributed by atoms with E-state index in [1.54, 1.807) is 0 Å². The quantitative estimate of drug-likeness (QED) is 0.852. The molecule has 2 aliphatic rings. The summed E-state index contributed by atoms with van der Waals surface area (Å²) < 4.78 is 5.95. The summed E-state index contributed by atoms with van der Waals surface area (Å²) in [6, 6.07) is 0.249. The molecule has 1 saturated heterocycles. The highest BCUT2D eigenvalue weighted by atomic mass is 16.5. The number of hydrogen-bond acceptors (Lipinski definition) is 3. The summed E-state index contributed by atoms with van der Waals surface area (Å²) in [6.45, 7) is 3.70. The molecule has 19 heavy (non-hydrogen) atoms. The van der Waals surface area contributed by atoms with Crippen molar-refractivity contribution in [2.24, 2.45) is 5.73 Å². The van der Waals surface area contributed by atoms with Crippen LogP contribution in [0.5, 0.6) is 0 Å². The smallest absolute Gasteiger partial charge is 0.251 e. The van der Waals surface area contributed by atoms with Crippen LogP contribution in [0.2, 0.25) is 0 Å². The number of nitrogens with two attached hydrogens (primary N) is 1. The molecule has 0 bridgehead atoms. The number of nitrogens with zero attached hydrogens (tertiary/aromatic N) is 1. The van der Waals surface area contributed by atoms with E-state index in [1.807, 2.05) is 11.8 Å². The van der Waals surface area contributed by atoms with Crippen LogP contribution in [0.25, 0.3) is 0 Å². The Bertz CT molecular complexity index is 288. The van der Waals surface area contributed by atoms with Gasteiger partial charge in [-0.25, -0.2) is 0 Å². The van der Waals surface area contributed by atoms with Gasteiger partial charge in [-0.05, 0) is 45.4 Å². The van der Waals surface area contributed by atoms with Crippen molar-refractivity contribution in [3.05, 3.63) is 0 Å². The molecule has 1 saturated carbocycles. The first-order chi connectivity index (χ1) is 9.16. The zero-order valence-corrected chi connectivity index (χ0v) is 12.1. The second-order valence-corrected chi connectivity index (χ2v) is 6.07. The molecular formula is C15H28N2O2. The molecule has 1 aliphatic heterocycles. The van der Waals surface area contributed by atoms with Crippen molar-refractivity contribution in [3.63, 3.8) is 0 Å². The fraction of sp³-hybridized carbons (Fsp3) is 0.933. The molecule has 0 aromatic heterocycles. The SMILES string of the molecule is CC(OC1CCCC(N)C1)C(=O)N1CCCCCC1. The maximum absolute atomic E-state index is 12.4. The zero-order chi connectivity index (χ0) is 13.7. The number of carbonyl (C=O) groups excluding carboxylic acids is 1. The second-order valence-electron chi connectivity index (χ2n) is 6.07. The Morgan fingerprint density at radius 1 is 1.16 bits per heavy atom. The maximum atomic E-state index is 12.4. The molecule has 110 valence electrons. The van der Waals surface area contributed by atoms with Crippen LogP contribution in [0.3, 0.4) is 0 Å². The fourth-order valence-corrected chi connectivity index (χ4v) is 3.20. The molecule has 0 aromatic carbocycles. The molecule has 0 spiro atoms. The number of amides is 1. The highest BCUT2D eigenvalue weighted by Gasteiger charge is 2.27. The summed E-state index contributed by atoms with van der Waals surface area (Å²) in [4.78, 5) is 14.4. The van der Waals surface area contributed by atoms with E-state index in [9.17, 15) is 4.79 Å². The first-order valence-corrected chi connectivity index (χ1v) is 7.86. The molecule has 2 rings (SSSR count). The molecule has 4 nitrogen and oxygen atoms in total. The maximum Gasteiger partial charge on any atom is 0.251 e. The minimum absolute atomic E-state index is 0.168. The van der Waals surface area contributed by atoms with Crippen molar-refractivity contribution >= 4 is 5.91 Å². The predicted molar refractivity (Wildman–Crippen MR) is 75.8 cm³/mol. The van der Waals surface area contributed by atoms with E-state index in [2.05, 4.69) is 0 Å². The third-order valence-corrected chi connectivity index (χ3v) is 4.33. The number of rotatable bonds is 3. The van der Waals surface area contributed by atoms with E-state index >= 15 is 0 Å². The molecule has 1 amide bonds. The summed E-state index contributed by atoms with van der Waals surface area (Å²) in [5.41, 5.74) is 5.97. The van der Waals surface area contributed by atoms with Crippen molar-refractivity contribution < 1.29 is 9.53 Å². The summed E-state index contributed by atoms with van der Waals surface area (Å²) in [6.07, 6.45) is 8.78. The van der Waals surface area contributed by atoms with E-state index in [0.717, 1.165) is 51.6 Å². The van der Waals surface area contributed by atoms with Gasteiger partial charge in [0.1, 0.15) is 6.10 Å². The van der Waals surface area contributed by atoms with E-state index < -0.39 is 0 Å². The summed E-state index contributed by atoms with van der Waals surface area (Å²) >= 11 is 0. The van der Waals surface area contributed by atoms with Crippen molar-refractivity contribution in [2.45, 2.75) is 76.5 Å². The van der Waals surface area contributed by atoms with Crippen molar-refractivity contribution in [1.29, 1.82) is 0 Å². The largest absolute Gasteiger partial charge is 0.365 e. The van der Waals surface area contributed by atoms with Crippen LogP contribution in [0.1, 0.15) is 58.3 Å². The summed E-state index contributed by atoms with van der Waals surface area (Å²) in [7, 11) is 0. The standard InChI is InChI=1S/C15H28N2O2/c1-12(19-14-8-6-7-13(16)11-14)15(18)17-9-4-2-3-5-10-17/h12-14H,2-11,16H2,1H3. The molecule has 0 aromatic rings. The molecule has 2 N–H and O–H groups in total. The monoisotopic (exact) mass is 268 g/mol. The minimum Gasteiger partial charge on any atom is -0.365 e. The number of likely N-dealkylation sites (tertiary alicyclic amines) is 1. The number of carbonyl (C=O) groups is 1. The lowest BCUT2D eigenvalue weighted by Gasteiger charge is -2.31. The van der Waals surface area contributed by atoms with Crippen LogP contribution in [0.15, 0.2) is 0 Å². The Morgan fingerprint density at radius 3 is 2.47 bits per heavy atom. The Morgan fingerprint density at radius 2 is 1.84 bits per heavy atom. The van der Waals surface area contributed by atoms with E-state index in [-0.39, 0.29) is 24.2 Å². The van der Waals surface area contributed by atoms with Gasteiger partial charge in [-0.1, -0.05) is 12.8 Å². The van der Waals surface area contributed by atoms with Gasteiger partial charge in [0, 0.05) is 19.1 Å². The zero-order valence-electron chi connectivity index (χ0n) is 12.1. The molecule has 3 atom stereocenters. The van der Waals surface area contributed by atoms with Crippen LogP contribution in [-0.2, 0) is 9.53 Å². The third kappa shape index (κ3) is 4.46. The molecule has 1 aliphatic carbocycles. The first-order valence-electron chi connectivity index (χ1n) is 7.86. The summed E-state index contributed by atoms with van der Waals surface area (Å²) in [5.74, 6) is 0.168. The predicted octanol–water partition coefficient (Wildman–Crippen LogP) is 2.06. The van der Waals surface area contributed by atoms with Gasteiger partial charge < -0.3 is 15.4 Å². The topological polar surface area (TPSA) is 55.6 Å². The number of ether oxygens (including phenoxy) is 1. The third-order valence-electron chi connectivity index (χ3n) is 4.33. The van der Waals surface area contributed by atoms with E-state index in [1.165, 1.54) is 12.8 Å². The first kappa shape index (κ1) is 14.8. The summed E-state index contributed by atoms with van der Waals surface area (Å²) in [5, 5.41) is 0. The van der Waals surface area contributed by atoms with Crippen molar-refractivity contribution in [2.75, 3.05) is 13.1 Å². The fourth-order valence-electron chi connectivity index (χ4n) is 3.20. The lowest BCUT2D eigenvalue weighted by molar-refractivity contribution is -0.147. The van der Waals surface area contributed by atoms with Crippen LogP contribution < -0.4 is 5.73 Å². The normalized spacial score (nSPS) is 30.7. The van der Waals surface area contributed by atoms with E-state index in [4.69, 9.17) is 10.5 Å². The molecule has 1 heterocycles. The van der Waals surface area contributed by atoms with Crippen molar-refractivity contribution in [1.82, 2.24) is 4.90 Å². The van der Waals surface area contributed by atoms with Gasteiger partial charge in [0.05, 0.1) is 6.10 Å². The highest BCUT2D eigenvalue weighted by molar-refractivity contribution is 5.80. The number of hydrogen-bond donors (Lipinski definition) is 1. The Labute approximate surface area is 116 Å². The van der Waals surface area contributed by atoms with Gasteiger partial charge >= 0.3 is 0 Å². The van der Waals surface area contributed by atoms with E-state index in [0.29, 0.717) is 0 Å². The van der Waals surface area contributed by atoms with Gasteiger partial charge in [-0.3, -0.25) is 4.79 Å². The Balaban J connectivity index is 1.80. The average molecular weight is 268 g/mol. The van der Waals surface area contributed by atoms with Gasteiger partial charge in [0.15, 0.2) is 0 Å². The van der Waals surface area contributed by atoms with Crippen LogP contribution in [0, 0.1) is 0 Å². The van der Waals surface area contributed by atoms with Crippen LogP contribution >= 0.6 is 0 Å². The highest BCUT2D eigenvalue weighted by Crippen LogP contribution is 2.22. The molecule has 2 fully saturated rings. The average Bonchev–Trinajstić information content (AvgIpc) is 2.66. The Kier molecular flexibility index (Phi) is 5.64. The lowest BCUT2D eigenvalue weighted by Crippen LogP contribution is -2.42. The van der Waals surface area contributed by atoms with Crippen LogP contribution in [0.4, 0.5) is 0 Å². The van der Waals surface area contributed by atoms with Gasteiger partial charge in [-0.15, -0.1) is 0 Å². The molecular weight excluding hydrogens is 240 g/mol. The van der Waals surface area contributed by atoms with Gasteiger partial charge in [0.25, 0.3) is 5.91 Å². The molecule has 3 unspecified atom stereocenters. The Hall–Kier alpha value is -0.610. The molecule has 0 radical (unpaired) electrons. The van der Waals surface area contributed by atoms with Crippen LogP contribution in [-0.4, -0.2) is 42.1 Å². The minimum atomic E-state index is -0.312. The van der Waals surface area contributed by atoms with Gasteiger partial charge in [-0.2, -0.15) is 0 Å². The second kappa shape index (κ2) is 7.25. The lowest BCUT2D eigenvalue weighted by atomic mass is 9.93.